The molecule has 1 saturated heterocycles. The number of aromatic nitrogens is 2. The summed E-state index contributed by atoms with van der Waals surface area (Å²) in [4.78, 5) is 35.4. The molecular formula is C22H16ClN3O3. The second kappa shape index (κ2) is 7.85. The Bertz CT molecular complexity index is 1080. The summed E-state index contributed by atoms with van der Waals surface area (Å²) in [7, 11) is 0. The topological polar surface area (TPSA) is 83.4 Å². The number of benzene rings is 1. The number of amides is 1. The molecule has 1 amide bonds. The fourth-order valence-electron chi connectivity index (χ4n) is 3.37. The standard InChI is InChI=1S/C22H16ClN3O3/c23-16-6-4-14(5-7-16)19-18(20(27)15-8-11-24-12-9-15)21(28)22(29)26(19)13-17-3-1-2-10-25-17/h1-12,19,27H,13H2/b20-18+. The van der Waals surface area contributed by atoms with Crippen molar-refractivity contribution >= 4 is 29.1 Å². The first-order chi connectivity index (χ1) is 14.1. The zero-order valence-electron chi connectivity index (χ0n) is 15.2. The summed E-state index contributed by atoms with van der Waals surface area (Å²) in [5.74, 6) is -1.67. The van der Waals surface area contributed by atoms with E-state index in [0.29, 0.717) is 21.8 Å². The number of rotatable bonds is 4. The molecule has 0 radical (unpaired) electrons. The summed E-state index contributed by atoms with van der Waals surface area (Å²) < 4.78 is 0. The lowest BCUT2D eigenvalue weighted by atomic mass is 9.95. The molecule has 1 unspecified atom stereocenters. The molecule has 1 atom stereocenters. The van der Waals surface area contributed by atoms with E-state index in [1.165, 1.54) is 17.3 Å². The number of aliphatic hydroxyl groups excluding tert-OH is 1. The summed E-state index contributed by atoms with van der Waals surface area (Å²) in [5.41, 5.74) is 1.74. The summed E-state index contributed by atoms with van der Waals surface area (Å²) >= 11 is 6.01. The van der Waals surface area contributed by atoms with Crippen molar-refractivity contribution in [1.29, 1.82) is 0 Å². The van der Waals surface area contributed by atoms with Crippen molar-refractivity contribution in [1.82, 2.24) is 14.9 Å². The third-order valence-electron chi connectivity index (χ3n) is 4.74. The van der Waals surface area contributed by atoms with Gasteiger partial charge in [0.2, 0.25) is 0 Å². The molecule has 0 saturated carbocycles. The maximum Gasteiger partial charge on any atom is 0.296 e. The van der Waals surface area contributed by atoms with Gasteiger partial charge in [0.1, 0.15) is 5.76 Å². The minimum Gasteiger partial charge on any atom is -0.507 e. The smallest absolute Gasteiger partial charge is 0.296 e. The molecule has 3 aromatic rings. The van der Waals surface area contributed by atoms with Gasteiger partial charge in [0.05, 0.1) is 23.9 Å². The fraction of sp³-hybridized carbons (Fsp3) is 0.0909. The lowest BCUT2D eigenvalue weighted by Gasteiger charge is -2.25. The van der Waals surface area contributed by atoms with Gasteiger partial charge in [-0.1, -0.05) is 29.8 Å². The van der Waals surface area contributed by atoms with Gasteiger partial charge in [-0.3, -0.25) is 19.6 Å². The van der Waals surface area contributed by atoms with E-state index < -0.39 is 17.7 Å². The van der Waals surface area contributed by atoms with Crippen molar-refractivity contribution in [3.05, 3.63) is 101 Å². The number of likely N-dealkylation sites (tertiary alicyclic amines) is 1. The molecule has 1 N–H and O–H groups in total. The number of ketones is 1. The number of aliphatic hydroxyl groups is 1. The van der Waals surface area contributed by atoms with Crippen LogP contribution in [0.1, 0.15) is 22.9 Å². The molecule has 0 bridgehead atoms. The van der Waals surface area contributed by atoms with E-state index in [9.17, 15) is 14.7 Å². The summed E-state index contributed by atoms with van der Waals surface area (Å²) in [6.45, 7) is 0.131. The first-order valence-corrected chi connectivity index (χ1v) is 9.28. The maximum absolute atomic E-state index is 12.9. The van der Waals surface area contributed by atoms with Crippen LogP contribution in [0.25, 0.3) is 5.76 Å². The predicted octanol–water partition coefficient (Wildman–Crippen LogP) is 3.75. The normalized spacial score (nSPS) is 18.2. The molecule has 1 aromatic carbocycles. The highest BCUT2D eigenvalue weighted by atomic mass is 35.5. The highest BCUT2D eigenvalue weighted by molar-refractivity contribution is 6.46. The third kappa shape index (κ3) is 3.62. The zero-order chi connectivity index (χ0) is 20.4. The number of Topliss-reactive ketones (excluding diaryl/α,β-unsaturated/α-hetero) is 1. The van der Waals surface area contributed by atoms with Gasteiger partial charge in [-0.15, -0.1) is 0 Å². The molecule has 0 aliphatic carbocycles. The van der Waals surface area contributed by atoms with Crippen LogP contribution >= 0.6 is 11.6 Å². The minimum atomic E-state index is -0.762. The average Bonchev–Trinajstić information content (AvgIpc) is 3.00. The highest BCUT2D eigenvalue weighted by Gasteiger charge is 2.46. The number of nitrogens with zero attached hydrogens (tertiary/aromatic N) is 3. The molecule has 29 heavy (non-hydrogen) atoms. The van der Waals surface area contributed by atoms with E-state index in [0.717, 1.165) is 0 Å². The average molecular weight is 406 g/mol. The van der Waals surface area contributed by atoms with Crippen LogP contribution in [0.15, 0.2) is 78.8 Å². The minimum absolute atomic E-state index is 0.0273. The highest BCUT2D eigenvalue weighted by Crippen LogP contribution is 2.40. The van der Waals surface area contributed by atoms with Crippen LogP contribution in [0.5, 0.6) is 0 Å². The summed E-state index contributed by atoms with van der Waals surface area (Å²) in [6, 6.07) is 14.6. The van der Waals surface area contributed by atoms with Gasteiger partial charge >= 0.3 is 0 Å². The van der Waals surface area contributed by atoms with Crippen LogP contribution in [-0.2, 0) is 16.1 Å². The first-order valence-electron chi connectivity index (χ1n) is 8.90. The Morgan fingerprint density at radius 2 is 1.72 bits per heavy atom. The van der Waals surface area contributed by atoms with E-state index in [2.05, 4.69) is 9.97 Å². The zero-order valence-corrected chi connectivity index (χ0v) is 16.0. The Kier molecular flexibility index (Phi) is 5.10. The maximum atomic E-state index is 12.9. The Labute approximate surface area is 172 Å². The van der Waals surface area contributed by atoms with E-state index in [4.69, 9.17) is 11.6 Å². The van der Waals surface area contributed by atoms with Gasteiger partial charge < -0.3 is 10.0 Å². The van der Waals surface area contributed by atoms with Crippen LogP contribution in [0.2, 0.25) is 5.02 Å². The van der Waals surface area contributed by atoms with Gasteiger partial charge in [0.15, 0.2) is 0 Å². The predicted molar refractivity (Wildman–Crippen MR) is 108 cm³/mol. The van der Waals surface area contributed by atoms with Gasteiger partial charge in [-0.2, -0.15) is 0 Å². The van der Waals surface area contributed by atoms with Crippen LogP contribution in [-0.4, -0.2) is 31.7 Å². The van der Waals surface area contributed by atoms with Crippen molar-refractivity contribution in [2.45, 2.75) is 12.6 Å². The summed E-state index contributed by atoms with van der Waals surface area (Å²) in [5, 5.41) is 11.4. The van der Waals surface area contributed by atoms with Crippen molar-refractivity contribution in [3.63, 3.8) is 0 Å². The SMILES string of the molecule is O=C1C(=O)N(Cc2ccccn2)C(c2ccc(Cl)cc2)/C1=C(\O)c1ccncc1. The molecule has 3 heterocycles. The van der Waals surface area contributed by atoms with Crippen LogP contribution in [0.3, 0.4) is 0 Å². The number of hydrogen-bond acceptors (Lipinski definition) is 5. The van der Waals surface area contributed by atoms with Crippen LogP contribution in [0, 0.1) is 0 Å². The van der Waals surface area contributed by atoms with Crippen molar-refractivity contribution < 1.29 is 14.7 Å². The van der Waals surface area contributed by atoms with E-state index in [1.807, 2.05) is 6.07 Å². The van der Waals surface area contributed by atoms with Gasteiger partial charge in [-0.25, -0.2) is 0 Å². The van der Waals surface area contributed by atoms with Gasteiger partial charge in [0, 0.05) is 29.2 Å². The van der Waals surface area contributed by atoms with Crippen molar-refractivity contribution in [2.75, 3.05) is 0 Å². The second-order valence-electron chi connectivity index (χ2n) is 6.54. The second-order valence-corrected chi connectivity index (χ2v) is 6.97. The molecule has 1 fully saturated rings. The number of halogens is 1. The molecule has 1 aliphatic heterocycles. The third-order valence-corrected chi connectivity index (χ3v) is 4.99. The number of hydrogen-bond donors (Lipinski definition) is 1. The Morgan fingerprint density at radius 1 is 1.00 bits per heavy atom. The van der Waals surface area contributed by atoms with Crippen LogP contribution in [0.4, 0.5) is 0 Å². The molecule has 2 aromatic heterocycles. The largest absolute Gasteiger partial charge is 0.507 e. The number of carbonyl (C=O) groups excluding carboxylic acids is 2. The molecule has 0 spiro atoms. The number of pyridine rings is 2. The van der Waals surface area contributed by atoms with Crippen LogP contribution < -0.4 is 0 Å². The molecule has 6 nitrogen and oxygen atoms in total. The van der Waals surface area contributed by atoms with Crippen molar-refractivity contribution in [2.24, 2.45) is 0 Å². The quantitative estimate of drug-likeness (QED) is 0.406. The Balaban J connectivity index is 1.86. The summed E-state index contributed by atoms with van der Waals surface area (Å²) in [6.07, 6.45) is 4.65. The van der Waals surface area contributed by atoms with E-state index in [1.54, 1.807) is 54.7 Å². The number of carbonyl (C=O) groups is 2. The fourth-order valence-corrected chi connectivity index (χ4v) is 3.49. The van der Waals surface area contributed by atoms with E-state index in [-0.39, 0.29) is 17.9 Å². The van der Waals surface area contributed by atoms with Gasteiger partial charge in [0.25, 0.3) is 11.7 Å². The molecule has 4 rings (SSSR count). The Hall–Kier alpha value is -3.51. The lowest BCUT2D eigenvalue weighted by Crippen LogP contribution is -2.29. The van der Waals surface area contributed by atoms with Gasteiger partial charge in [-0.05, 0) is 42.0 Å². The lowest BCUT2D eigenvalue weighted by molar-refractivity contribution is -0.140. The molecule has 7 heteroatoms. The molecule has 1 aliphatic rings. The van der Waals surface area contributed by atoms with E-state index >= 15 is 0 Å². The monoisotopic (exact) mass is 405 g/mol. The van der Waals surface area contributed by atoms with Crippen molar-refractivity contribution in [3.8, 4) is 0 Å². The Morgan fingerprint density at radius 3 is 2.38 bits per heavy atom. The molecular weight excluding hydrogens is 390 g/mol. The first kappa shape index (κ1) is 18.8. The molecule has 144 valence electrons.